The zero-order valence-corrected chi connectivity index (χ0v) is 14.6. The predicted molar refractivity (Wildman–Crippen MR) is 96.2 cm³/mol. The first kappa shape index (κ1) is 14.2. The van der Waals surface area contributed by atoms with Crippen LogP contribution >= 0.6 is 56.0 Å². The molecule has 3 rings (SSSR count). The van der Waals surface area contributed by atoms with E-state index in [9.17, 15) is 4.91 Å². The fourth-order valence-corrected chi connectivity index (χ4v) is 3.59. The highest BCUT2D eigenvalue weighted by Crippen LogP contribution is 2.34. The lowest BCUT2D eigenvalue weighted by atomic mass is 10.2. The molecule has 100 valence electrons. The van der Waals surface area contributed by atoms with E-state index in [1.807, 2.05) is 41.0 Å². The summed E-state index contributed by atoms with van der Waals surface area (Å²) in [4.78, 5) is 10.5. The van der Waals surface area contributed by atoms with Gasteiger partial charge in [-0.05, 0) is 48.6 Å². The summed E-state index contributed by atoms with van der Waals surface area (Å²) in [5.41, 5.74) is 1.92. The molecule has 0 N–H and O–H groups in total. The number of hydrogen-bond acceptors (Lipinski definition) is 4. The molecular weight excluding hydrogens is 424 g/mol. The third-order valence-electron chi connectivity index (χ3n) is 2.99. The molecule has 0 saturated heterocycles. The standard InChI is InChI=1S/C13H6Br2N2OS2/c14-7-1-3-11-9(5-7)10-6-8(15)2-4-12(10)17(11)13(19)20-16-18/h1-6H. The normalized spacial score (nSPS) is 11.1. The number of aromatic nitrogens is 1. The molecule has 0 atom stereocenters. The number of rotatable bonds is 1. The van der Waals surface area contributed by atoms with Crippen LogP contribution in [0.1, 0.15) is 0 Å². The monoisotopic (exact) mass is 428 g/mol. The van der Waals surface area contributed by atoms with Crippen molar-refractivity contribution in [3.63, 3.8) is 0 Å². The average Bonchev–Trinajstić information content (AvgIpc) is 2.72. The Labute approximate surface area is 141 Å². The van der Waals surface area contributed by atoms with Crippen LogP contribution in [-0.2, 0) is 0 Å². The van der Waals surface area contributed by atoms with Gasteiger partial charge in [-0.3, -0.25) is 4.57 Å². The SMILES string of the molecule is O=NSC(=S)n1c2ccc(Br)cc2c2cc(Br)ccc21. The summed E-state index contributed by atoms with van der Waals surface area (Å²) in [5.74, 6) is 0. The molecule has 0 aliphatic heterocycles. The van der Waals surface area contributed by atoms with E-state index < -0.39 is 0 Å². The average molecular weight is 430 g/mol. The zero-order valence-electron chi connectivity index (χ0n) is 9.84. The van der Waals surface area contributed by atoms with Crippen molar-refractivity contribution < 1.29 is 0 Å². The second-order valence-electron chi connectivity index (χ2n) is 4.09. The first-order valence-corrected chi connectivity index (χ1v) is 8.32. The Morgan fingerprint density at radius 1 is 1.05 bits per heavy atom. The van der Waals surface area contributed by atoms with Gasteiger partial charge in [-0.1, -0.05) is 31.9 Å². The topological polar surface area (TPSA) is 34.4 Å². The lowest BCUT2D eigenvalue weighted by Crippen LogP contribution is -2.02. The number of halogens is 2. The zero-order chi connectivity index (χ0) is 14.3. The summed E-state index contributed by atoms with van der Waals surface area (Å²) >= 11 is 13.0. The van der Waals surface area contributed by atoms with Crippen LogP contribution in [0, 0.1) is 4.91 Å². The minimum atomic E-state index is 0.421. The quantitative estimate of drug-likeness (QED) is 0.275. The van der Waals surface area contributed by atoms with Gasteiger partial charge in [0.25, 0.3) is 0 Å². The van der Waals surface area contributed by atoms with Crippen LogP contribution in [0.4, 0.5) is 0 Å². The largest absolute Gasteiger partial charge is 0.293 e. The molecule has 0 aliphatic rings. The van der Waals surface area contributed by atoms with E-state index in [2.05, 4.69) is 36.4 Å². The molecule has 7 heteroatoms. The maximum Gasteiger partial charge on any atom is 0.171 e. The van der Waals surface area contributed by atoms with Crippen molar-refractivity contribution in [2.75, 3.05) is 0 Å². The Kier molecular flexibility index (Phi) is 3.94. The highest BCUT2D eigenvalue weighted by molar-refractivity contribution is 9.10. The molecular formula is C13H6Br2N2OS2. The van der Waals surface area contributed by atoms with Crippen LogP contribution in [-0.4, -0.2) is 8.89 Å². The van der Waals surface area contributed by atoms with Crippen LogP contribution in [0.25, 0.3) is 21.8 Å². The first-order valence-electron chi connectivity index (χ1n) is 5.55. The Morgan fingerprint density at radius 2 is 1.55 bits per heavy atom. The number of nitroso groups, excluding NO2 is 1. The van der Waals surface area contributed by atoms with Gasteiger partial charge in [0.2, 0.25) is 0 Å². The van der Waals surface area contributed by atoms with Gasteiger partial charge in [0.05, 0.1) is 23.0 Å². The summed E-state index contributed by atoms with van der Waals surface area (Å²) in [6.45, 7) is 0. The Bertz CT molecular complexity index is 801. The van der Waals surface area contributed by atoms with Crippen molar-refractivity contribution in [1.29, 1.82) is 0 Å². The first-order chi connectivity index (χ1) is 9.61. The lowest BCUT2D eigenvalue weighted by Gasteiger charge is -2.04. The van der Waals surface area contributed by atoms with Gasteiger partial charge in [0, 0.05) is 24.3 Å². The smallest absolute Gasteiger partial charge is 0.171 e. The van der Waals surface area contributed by atoms with Crippen molar-refractivity contribution in [2.24, 2.45) is 4.58 Å². The fraction of sp³-hybridized carbons (Fsp3) is 0. The summed E-state index contributed by atoms with van der Waals surface area (Å²) in [5, 5.41) is 2.15. The number of fused-ring (bicyclic) bond motifs is 3. The van der Waals surface area contributed by atoms with Gasteiger partial charge in [0.15, 0.2) is 4.32 Å². The predicted octanol–water partition coefficient (Wildman–Crippen LogP) is 5.87. The van der Waals surface area contributed by atoms with E-state index in [0.29, 0.717) is 4.32 Å². The third-order valence-corrected chi connectivity index (χ3v) is 4.79. The summed E-state index contributed by atoms with van der Waals surface area (Å²) in [7, 11) is 0. The van der Waals surface area contributed by atoms with Gasteiger partial charge < -0.3 is 0 Å². The molecule has 2 aromatic carbocycles. The van der Waals surface area contributed by atoms with E-state index in [1.165, 1.54) is 0 Å². The van der Waals surface area contributed by atoms with Crippen molar-refractivity contribution in [1.82, 2.24) is 4.57 Å². The van der Waals surface area contributed by atoms with E-state index in [1.54, 1.807) is 0 Å². The fourth-order valence-electron chi connectivity index (χ4n) is 2.24. The minimum absolute atomic E-state index is 0.421. The Balaban J connectivity index is 2.46. The van der Waals surface area contributed by atoms with Crippen LogP contribution in [0.5, 0.6) is 0 Å². The molecule has 0 saturated carbocycles. The highest BCUT2D eigenvalue weighted by Gasteiger charge is 2.15. The van der Waals surface area contributed by atoms with Crippen molar-refractivity contribution in [2.45, 2.75) is 0 Å². The molecule has 20 heavy (non-hydrogen) atoms. The van der Waals surface area contributed by atoms with Gasteiger partial charge >= 0.3 is 0 Å². The van der Waals surface area contributed by atoms with Gasteiger partial charge in [-0.2, -0.15) is 0 Å². The van der Waals surface area contributed by atoms with E-state index in [4.69, 9.17) is 12.2 Å². The molecule has 3 nitrogen and oxygen atoms in total. The third kappa shape index (κ3) is 2.32. The van der Waals surface area contributed by atoms with E-state index in [-0.39, 0.29) is 0 Å². The van der Waals surface area contributed by atoms with E-state index in [0.717, 1.165) is 42.7 Å². The van der Waals surface area contributed by atoms with Crippen LogP contribution in [0.2, 0.25) is 0 Å². The number of benzene rings is 2. The summed E-state index contributed by atoms with van der Waals surface area (Å²) < 4.78 is 7.12. The summed E-state index contributed by atoms with van der Waals surface area (Å²) in [6.07, 6.45) is 0. The van der Waals surface area contributed by atoms with Crippen LogP contribution in [0.15, 0.2) is 49.9 Å². The second-order valence-corrected chi connectivity index (χ2v) is 7.28. The Hall–Kier alpha value is -0.760. The lowest BCUT2D eigenvalue weighted by molar-refractivity contribution is 1.34. The van der Waals surface area contributed by atoms with Crippen LogP contribution < -0.4 is 0 Å². The van der Waals surface area contributed by atoms with Crippen molar-refractivity contribution in [3.05, 3.63) is 50.3 Å². The van der Waals surface area contributed by atoms with Gasteiger partial charge in [-0.15, -0.1) is 4.91 Å². The highest BCUT2D eigenvalue weighted by atomic mass is 79.9. The molecule has 0 radical (unpaired) electrons. The molecule has 0 fully saturated rings. The Morgan fingerprint density at radius 3 is 2.00 bits per heavy atom. The maximum absolute atomic E-state index is 10.5. The van der Waals surface area contributed by atoms with Gasteiger partial charge in [-0.25, -0.2) is 0 Å². The second kappa shape index (κ2) is 5.55. The molecule has 1 heterocycles. The molecule has 0 unspecified atom stereocenters. The van der Waals surface area contributed by atoms with Gasteiger partial charge in [0.1, 0.15) is 0 Å². The molecule has 0 aliphatic carbocycles. The molecule has 0 bridgehead atoms. The van der Waals surface area contributed by atoms with Crippen molar-refractivity contribution >= 4 is 82.2 Å². The van der Waals surface area contributed by atoms with Crippen LogP contribution in [0.3, 0.4) is 0 Å². The number of thiocarbonyl (C=S) groups is 1. The molecule has 0 spiro atoms. The maximum atomic E-state index is 10.5. The molecule has 0 amide bonds. The number of hydrogen-bond donors (Lipinski definition) is 0. The minimum Gasteiger partial charge on any atom is -0.293 e. The van der Waals surface area contributed by atoms with E-state index >= 15 is 0 Å². The summed E-state index contributed by atoms with van der Waals surface area (Å²) in [6, 6.07) is 11.9. The molecule has 3 aromatic rings. The van der Waals surface area contributed by atoms with Crippen molar-refractivity contribution in [3.8, 4) is 0 Å². The number of nitrogens with zero attached hydrogens (tertiary/aromatic N) is 2. The molecule has 1 aromatic heterocycles.